The average Bonchev–Trinajstić information content (AvgIpc) is 2.38. The Morgan fingerprint density at radius 1 is 1.05 bits per heavy atom. The van der Waals surface area contributed by atoms with Crippen LogP contribution in [0.15, 0.2) is 36.4 Å². The molecule has 0 aliphatic carbocycles. The van der Waals surface area contributed by atoms with Gasteiger partial charge < -0.3 is 4.74 Å². The summed E-state index contributed by atoms with van der Waals surface area (Å²) < 4.78 is 5.31. The maximum atomic E-state index is 11.9. The van der Waals surface area contributed by atoms with Crippen LogP contribution in [0.3, 0.4) is 0 Å². The molecule has 0 radical (unpaired) electrons. The van der Waals surface area contributed by atoms with E-state index in [4.69, 9.17) is 27.9 Å². The van der Waals surface area contributed by atoms with E-state index < -0.39 is 0 Å². The van der Waals surface area contributed by atoms with Crippen LogP contribution in [0.4, 0.5) is 0 Å². The van der Waals surface area contributed by atoms with Crippen molar-refractivity contribution in [2.75, 3.05) is 0 Å². The SMILES string of the molecule is Cc1ccc(OC(=O)Cc2c(Cl)cccc2Cl)cc1C. The van der Waals surface area contributed by atoms with Crippen LogP contribution >= 0.6 is 23.2 Å². The van der Waals surface area contributed by atoms with Gasteiger partial charge in [0.15, 0.2) is 0 Å². The molecule has 0 saturated carbocycles. The van der Waals surface area contributed by atoms with Crippen molar-refractivity contribution in [3.63, 3.8) is 0 Å². The van der Waals surface area contributed by atoms with E-state index in [0.29, 0.717) is 21.4 Å². The Kier molecular flexibility index (Phi) is 4.69. The van der Waals surface area contributed by atoms with Crippen LogP contribution in [0.2, 0.25) is 10.0 Å². The number of esters is 1. The molecule has 0 N–H and O–H groups in total. The minimum atomic E-state index is -0.386. The first-order valence-electron chi connectivity index (χ1n) is 6.18. The number of carbonyl (C=O) groups is 1. The summed E-state index contributed by atoms with van der Waals surface area (Å²) in [4.78, 5) is 11.9. The summed E-state index contributed by atoms with van der Waals surface area (Å²) in [6.07, 6.45) is 0.0471. The smallest absolute Gasteiger partial charge is 0.315 e. The molecule has 2 nitrogen and oxygen atoms in total. The third kappa shape index (κ3) is 3.53. The number of ether oxygens (including phenoxy) is 1. The molecular weight excluding hydrogens is 295 g/mol. The Morgan fingerprint density at radius 3 is 2.30 bits per heavy atom. The minimum absolute atomic E-state index is 0.0471. The molecule has 2 rings (SSSR count). The predicted octanol–water partition coefficient (Wildman–Crippen LogP) is 4.76. The van der Waals surface area contributed by atoms with Crippen molar-refractivity contribution in [2.24, 2.45) is 0 Å². The van der Waals surface area contributed by atoms with Gasteiger partial charge in [-0.25, -0.2) is 0 Å². The zero-order valence-electron chi connectivity index (χ0n) is 11.2. The van der Waals surface area contributed by atoms with Gasteiger partial charge in [-0.15, -0.1) is 0 Å². The largest absolute Gasteiger partial charge is 0.426 e. The van der Waals surface area contributed by atoms with E-state index in [1.54, 1.807) is 24.3 Å². The highest BCUT2D eigenvalue weighted by Gasteiger charge is 2.12. The molecule has 0 atom stereocenters. The van der Waals surface area contributed by atoms with E-state index in [9.17, 15) is 4.79 Å². The number of benzene rings is 2. The van der Waals surface area contributed by atoms with Gasteiger partial charge >= 0.3 is 5.97 Å². The maximum absolute atomic E-state index is 11.9. The molecule has 2 aromatic carbocycles. The second kappa shape index (κ2) is 6.29. The summed E-state index contributed by atoms with van der Waals surface area (Å²) in [5.74, 6) is 0.143. The molecule has 20 heavy (non-hydrogen) atoms. The van der Waals surface area contributed by atoms with Gasteiger partial charge in [-0.05, 0) is 49.2 Å². The fourth-order valence-electron chi connectivity index (χ4n) is 1.79. The zero-order chi connectivity index (χ0) is 14.7. The van der Waals surface area contributed by atoms with E-state index in [-0.39, 0.29) is 12.4 Å². The van der Waals surface area contributed by atoms with Gasteiger partial charge in [-0.1, -0.05) is 35.3 Å². The predicted molar refractivity (Wildman–Crippen MR) is 81.7 cm³/mol. The molecule has 0 heterocycles. The molecule has 0 unspecified atom stereocenters. The summed E-state index contributed by atoms with van der Waals surface area (Å²) in [6.45, 7) is 3.97. The Balaban J connectivity index is 2.11. The van der Waals surface area contributed by atoms with Gasteiger partial charge in [-0.2, -0.15) is 0 Å². The zero-order valence-corrected chi connectivity index (χ0v) is 12.8. The van der Waals surface area contributed by atoms with Crippen LogP contribution in [0.1, 0.15) is 16.7 Å². The first kappa shape index (κ1) is 14.9. The Morgan fingerprint density at radius 2 is 1.70 bits per heavy atom. The third-order valence-corrected chi connectivity index (χ3v) is 3.80. The fraction of sp³-hybridized carbons (Fsp3) is 0.188. The van der Waals surface area contributed by atoms with Crippen LogP contribution in [0, 0.1) is 13.8 Å². The van der Waals surface area contributed by atoms with E-state index in [2.05, 4.69) is 0 Å². The van der Waals surface area contributed by atoms with Gasteiger partial charge in [0.05, 0.1) is 6.42 Å². The lowest BCUT2D eigenvalue weighted by Crippen LogP contribution is -2.12. The second-order valence-electron chi connectivity index (χ2n) is 4.60. The highest BCUT2D eigenvalue weighted by atomic mass is 35.5. The minimum Gasteiger partial charge on any atom is -0.426 e. The van der Waals surface area contributed by atoms with E-state index in [1.165, 1.54) is 0 Å². The van der Waals surface area contributed by atoms with Crippen LogP contribution in [0.5, 0.6) is 5.75 Å². The van der Waals surface area contributed by atoms with Crippen molar-refractivity contribution in [1.82, 2.24) is 0 Å². The van der Waals surface area contributed by atoms with Gasteiger partial charge in [0.25, 0.3) is 0 Å². The molecule has 2 aromatic rings. The molecule has 0 aromatic heterocycles. The number of carbonyl (C=O) groups excluding carboxylic acids is 1. The number of hydrogen-bond donors (Lipinski definition) is 0. The number of rotatable bonds is 3. The Labute approximate surface area is 128 Å². The molecule has 104 valence electrons. The molecule has 0 aliphatic heterocycles. The summed E-state index contributed by atoms with van der Waals surface area (Å²) >= 11 is 12.1. The van der Waals surface area contributed by atoms with Gasteiger partial charge in [0, 0.05) is 15.6 Å². The summed E-state index contributed by atoms with van der Waals surface area (Å²) in [7, 11) is 0. The standard InChI is InChI=1S/C16H14Cl2O2/c1-10-6-7-12(8-11(10)2)20-16(19)9-13-14(17)4-3-5-15(13)18/h3-8H,9H2,1-2H3. The number of aryl methyl sites for hydroxylation is 2. The van der Waals surface area contributed by atoms with Crippen LogP contribution in [-0.4, -0.2) is 5.97 Å². The topological polar surface area (TPSA) is 26.3 Å². The van der Waals surface area contributed by atoms with Gasteiger partial charge in [-0.3, -0.25) is 4.79 Å². The molecule has 0 bridgehead atoms. The highest BCUT2D eigenvalue weighted by Crippen LogP contribution is 2.25. The monoisotopic (exact) mass is 308 g/mol. The molecule has 0 fully saturated rings. The van der Waals surface area contributed by atoms with Crippen LogP contribution in [0.25, 0.3) is 0 Å². The van der Waals surface area contributed by atoms with Crippen LogP contribution in [-0.2, 0) is 11.2 Å². The normalized spacial score (nSPS) is 10.4. The molecule has 4 heteroatoms. The third-order valence-electron chi connectivity index (χ3n) is 3.09. The van der Waals surface area contributed by atoms with Crippen molar-refractivity contribution in [3.05, 3.63) is 63.1 Å². The Bertz CT molecular complexity index is 631. The van der Waals surface area contributed by atoms with Crippen molar-refractivity contribution in [1.29, 1.82) is 0 Å². The lowest BCUT2D eigenvalue weighted by Gasteiger charge is -2.08. The fourth-order valence-corrected chi connectivity index (χ4v) is 2.32. The lowest BCUT2D eigenvalue weighted by molar-refractivity contribution is -0.133. The quantitative estimate of drug-likeness (QED) is 0.603. The molecule has 0 spiro atoms. The van der Waals surface area contributed by atoms with Crippen molar-refractivity contribution >= 4 is 29.2 Å². The highest BCUT2D eigenvalue weighted by molar-refractivity contribution is 6.36. The van der Waals surface area contributed by atoms with Crippen molar-refractivity contribution in [3.8, 4) is 5.75 Å². The molecule has 0 saturated heterocycles. The Hall–Kier alpha value is -1.51. The molecule has 0 aliphatic rings. The van der Waals surface area contributed by atoms with Crippen LogP contribution < -0.4 is 4.74 Å². The van der Waals surface area contributed by atoms with Gasteiger partial charge in [0.2, 0.25) is 0 Å². The second-order valence-corrected chi connectivity index (χ2v) is 5.41. The summed E-state index contributed by atoms with van der Waals surface area (Å²) in [5, 5.41) is 0.934. The van der Waals surface area contributed by atoms with Crippen molar-refractivity contribution in [2.45, 2.75) is 20.3 Å². The maximum Gasteiger partial charge on any atom is 0.315 e. The molecule has 0 amide bonds. The van der Waals surface area contributed by atoms with E-state index >= 15 is 0 Å². The van der Waals surface area contributed by atoms with E-state index in [1.807, 2.05) is 26.0 Å². The van der Waals surface area contributed by atoms with Gasteiger partial charge in [0.1, 0.15) is 5.75 Å². The van der Waals surface area contributed by atoms with Crippen molar-refractivity contribution < 1.29 is 9.53 Å². The lowest BCUT2D eigenvalue weighted by atomic mass is 10.1. The summed E-state index contributed by atoms with van der Waals surface area (Å²) in [6, 6.07) is 10.7. The number of hydrogen-bond acceptors (Lipinski definition) is 2. The van der Waals surface area contributed by atoms with E-state index in [0.717, 1.165) is 11.1 Å². The number of halogens is 2. The first-order chi connectivity index (χ1) is 9.47. The molecular formula is C16H14Cl2O2. The average molecular weight is 309 g/mol. The summed E-state index contributed by atoms with van der Waals surface area (Å²) in [5.41, 5.74) is 2.81. The first-order valence-corrected chi connectivity index (χ1v) is 6.94.